The summed E-state index contributed by atoms with van der Waals surface area (Å²) < 4.78 is 32.9. The topological polar surface area (TPSA) is 89.6 Å². The van der Waals surface area contributed by atoms with Crippen LogP contribution in [-0.4, -0.2) is 31.6 Å². The van der Waals surface area contributed by atoms with Crippen molar-refractivity contribution in [2.24, 2.45) is 5.73 Å². The fraction of sp³-hybridized carbons (Fsp3) is 1.00. The monoisotopic (exact) mass is 169 g/mol. The molecule has 0 rings (SSSR count). The zero-order chi connectivity index (χ0) is 8.20. The van der Waals surface area contributed by atoms with Crippen LogP contribution < -0.4 is 5.73 Å². The molecule has 0 saturated heterocycles. The summed E-state index contributed by atoms with van der Waals surface area (Å²) in [5.41, 5.74) is 5.12. The maximum absolute atomic E-state index is 10.0. The Labute approximate surface area is 59.9 Å². The molecule has 0 aromatic heterocycles. The summed E-state index contributed by atoms with van der Waals surface area (Å²) in [7, 11) is -3.90. The van der Waals surface area contributed by atoms with Crippen molar-refractivity contribution in [1.82, 2.24) is 0 Å². The van der Waals surface area contributed by atoms with Gasteiger partial charge in [-0.1, -0.05) is 0 Å². The predicted molar refractivity (Wildman–Crippen MR) is 36.0 cm³/mol. The van der Waals surface area contributed by atoms with E-state index in [2.05, 4.69) is 4.74 Å². The fourth-order valence-electron chi connectivity index (χ4n) is 0.339. The Kier molecular flexibility index (Phi) is 3.80. The average molecular weight is 169 g/mol. The highest BCUT2D eigenvalue weighted by atomic mass is 32.2. The standard InChI is InChI=1S/C4H11NO4S/c1-4(5)9-2-3-10(6,7)8/h4H,2-3,5H2,1H3,(H,6,7,8). The summed E-state index contributed by atoms with van der Waals surface area (Å²) in [6.07, 6.45) is -0.498. The van der Waals surface area contributed by atoms with Gasteiger partial charge in [-0.25, -0.2) is 0 Å². The van der Waals surface area contributed by atoms with E-state index in [0.717, 1.165) is 0 Å². The van der Waals surface area contributed by atoms with Crippen LogP contribution in [0.4, 0.5) is 0 Å². The molecule has 0 aliphatic heterocycles. The highest BCUT2D eigenvalue weighted by Crippen LogP contribution is 1.85. The zero-order valence-electron chi connectivity index (χ0n) is 5.65. The van der Waals surface area contributed by atoms with Crippen LogP contribution in [0.15, 0.2) is 0 Å². The Morgan fingerprint density at radius 2 is 2.20 bits per heavy atom. The molecule has 0 aromatic rings. The van der Waals surface area contributed by atoms with Gasteiger partial charge < -0.3 is 10.5 Å². The van der Waals surface area contributed by atoms with Crippen LogP contribution in [0.1, 0.15) is 6.92 Å². The second-order valence-corrected chi connectivity index (χ2v) is 3.43. The molecule has 3 N–H and O–H groups in total. The van der Waals surface area contributed by atoms with E-state index in [9.17, 15) is 8.42 Å². The molecule has 5 nitrogen and oxygen atoms in total. The van der Waals surface area contributed by atoms with Gasteiger partial charge in [0.1, 0.15) is 6.23 Å². The van der Waals surface area contributed by atoms with Crippen molar-refractivity contribution >= 4 is 10.1 Å². The highest BCUT2D eigenvalue weighted by Gasteiger charge is 2.03. The highest BCUT2D eigenvalue weighted by molar-refractivity contribution is 7.85. The number of nitrogens with two attached hydrogens (primary N) is 1. The minimum atomic E-state index is -3.90. The zero-order valence-corrected chi connectivity index (χ0v) is 6.47. The summed E-state index contributed by atoms with van der Waals surface area (Å²) in [4.78, 5) is 0. The molecule has 0 aliphatic carbocycles. The molecule has 0 spiro atoms. The van der Waals surface area contributed by atoms with E-state index in [1.807, 2.05) is 0 Å². The summed E-state index contributed by atoms with van der Waals surface area (Å²) in [5.74, 6) is -0.408. The van der Waals surface area contributed by atoms with Crippen molar-refractivity contribution in [3.8, 4) is 0 Å². The Morgan fingerprint density at radius 1 is 1.70 bits per heavy atom. The second-order valence-electron chi connectivity index (χ2n) is 1.86. The minimum Gasteiger partial charge on any atom is -0.363 e. The Morgan fingerprint density at radius 3 is 2.50 bits per heavy atom. The van der Waals surface area contributed by atoms with Gasteiger partial charge >= 0.3 is 0 Å². The molecule has 0 fully saturated rings. The first-order valence-electron chi connectivity index (χ1n) is 2.74. The van der Waals surface area contributed by atoms with E-state index in [-0.39, 0.29) is 6.61 Å². The van der Waals surface area contributed by atoms with E-state index in [1.54, 1.807) is 6.92 Å². The molecule has 1 atom stereocenters. The lowest BCUT2D eigenvalue weighted by Gasteiger charge is -2.04. The quantitative estimate of drug-likeness (QED) is 0.424. The van der Waals surface area contributed by atoms with Crippen LogP contribution in [0.3, 0.4) is 0 Å². The van der Waals surface area contributed by atoms with Crippen molar-refractivity contribution in [3.63, 3.8) is 0 Å². The molecule has 0 aliphatic rings. The summed E-state index contributed by atoms with van der Waals surface area (Å²) >= 11 is 0. The van der Waals surface area contributed by atoms with Crippen LogP contribution in [0.5, 0.6) is 0 Å². The molecule has 0 aromatic carbocycles. The van der Waals surface area contributed by atoms with Crippen LogP contribution in [0.25, 0.3) is 0 Å². The molecular formula is C4H11NO4S. The van der Waals surface area contributed by atoms with Crippen LogP contribution in [0.2, 0.25) is 0 Å². The van der Waals surface area contributed by atoms with E-state index >= 15 is 0 Å². The first-order chi connectivity index (χ1) is 4.42. The largest absolute Gasteiger partial charge is 0.363 e. The van der Waals surface area contributed by atoms with Gasteiger partial charge in [-0.15, -0.1) is 0 Å². The molecule has 0 radical (unpaired) electrons. The van der Waals surface area contributed by atoms with Crippen LogP contribution >= 0.6 is 0 Å². The lowest BCUT2D eigenvalue weighted by Crippen LogP contribution is -2.22. The maximum atomic E-state index is 10.0. The second kappa shape index (κ2) is 3.87. The van der Waals surface area contributed by atoms with Gasteiger partial charge in [-0.2, -0.15) is 8.42 Å². The third kappa shape index (κ3) is 7.83. The molecular weight excluding hydrogens is 158 g/mol. The molecule has 0 amide bonds. The van der Waals surface area contributed by atoms with Gasteiger partial charge in [-0.05, 0) is 6.92 Å². The third-order valence-electron chi connectivity index (χ3n) is 0.722. The van der Waals surface area contributed by atoms with Crippen LogP contribution in [0, 0.1) is 0 Å². The van der Waals surface area contributed by atoms with E-state index in [0.29, 0.717) is 0 Å². The van der Waals surface area contributed by atoms with Gasteiger partial charge in [-0.3, -0.25) is 4.55 Å². The first kappa shape index (κ1) is 9.83. The molecule has 10 heavy (non-hydrogen) atoms. The Bertz CT molecular complexity index is 174. The van der Waals surface area contributed by atoms with Crippen molar-refractivity contribution in [1.29, 1.82) is 0 Å². The van der Waals surface area contributed by atoms with Crippen molar-refractivity contribution in [2.75, 3.05) is 12.4 Å². The number of hydrogen-bond donors (Lipinski definition) is 2. The fourth-order valence-corrected chi connectivity index (χ4v) is 0.646. The molecule has 62 valence electrons. The Hall–Kier alpha value is -0.170. The van der Waals surface area contributed by atoms with Gasteiger partial charge in [0.15, 0.2) is 0 Å². The maximum Gasteiger partial charge on any atom is 0.267 e. The van der Waals surface area contributed by atoms with Crippen molar-refractivity contribution in [3.05, 3.63) is 0 Å². The third-order valence-corrected chi connectivity index (χ3v) is 1.40. The number of rotatable bonds is 4. The smallest absolute Gasteiger partial charge is 0.267 e. The van der Waals surface area contributed by atoms with E-state index in [4.69, 9.17) is 10.3 Å². The number of ether oxygens (including phenoxy) is 1. The van der Waals surface area contributed by atoms with Gasteiger partial charge in [0.2, 0.25) is 0 Å². The first-order valence-corrected chi connectivity index (χ1v) is 4.35. The normalized spacial score (nSPS) is 15.1. The molecule has 0 saturated carbocycles. The molecule has 0 heterocycles. The Balaban J connectivity index is 3.39. The van der Waals surface area contributed by atoms with Crippen molar-refractivity contribution in [2.45, 2.75) is 13.2 Å². The summed E-state index contributed by atoms with van der Waals surface area (Å²) in [6.45, 7) is 1.50. The van der Waals surface area contributed by atoms with E-state index in [1.165, 1.54) is 0 Å². The summed E-state index contributed by atoms with van der Waals surface area (Å²) in [5, 5.41) is 0. The molecule has 1 unspecified atom stereocenters. The molecule has 0 bridgehead atoms. The van der Waals surface area contributed by atoms with Crippen LogP contribution in [-0.2, 0) is 14.9 Å². The van der Waals surface area contributed by atoms with Gasteiger partial charge in [0, 0.05) is 0 Å². The predicted octanol–water partition coefficient (Wildman–Crippen LogP) is -0.804. The minimum absolute atomic E-state index is 0.0729. The summed E-state index contributed by atoms with van der Waals surface area (Å²) in [6, 6.07) is 0. The molecule has 6 heteroatoms. The van der Waals surface area contributed by atoms with E-state index < -0.39 is 22.1 Å². The lowest BCUT2D eigenvalue weighted by molar-refractivity contribution is 0.0820. The van der Waals surface area contributed by atoms with Crippen molar-refractivity contribution < 1.29 is 17.7 Å². The SMILES string of the molecule is CC(N)OCCS(=O)(=O)O. The van der Waals surface area contributed by atoms with Gasteiger partial charge in [0.25, 0.3) is 10.1 Å². The van der Waals surface area contributed by atoms with Gasteiger partial charge in [0.05, 0.1) is 12.4 Å². The average Bonchev–Trinajstić information content (AvgIpc) is 1.59. The lowest BCUT2D eigenvalue weighted by atomic mass is 10.7. The number of hydrogen-bond acceptors (Lipinski definition) is 4.